The van der Waals surface area contributed by atoms with Crippen molar-refractivity contribution >= 4 is 38.9 Å². The molecular weight excluding hydrogens is 833 g/mol. The maximum atomic E-state index is 2.47. The van der Waals surface area contributed by atoms with Gasteiger partial charge in [-0.05, 0) is 133 Å². The lowest BCUT2D eigenvalue weighted by atomic mass is 9.70. The maximum absolute atomic E-state index is 2.47. The summed E-state index contributed by atoms with van der Waals surface area (Å²) in [5.74, 6) is 0. The minimum Gasteiger partial charge on any atom is -0.310 e. The minimum absolute atomic E-state index is 0.435. The van der Waals surface area contributed by atoms with Crippen LogP contribution in [-0.4, -0.2) is 4.57 Å². The molecule has 0 amide bonds. The Balaban J connectivity index is 0.908. The molecule has 2 aliphatic carbocycles. The zero-order valence-corrected chi connectivity index (χ0v) is 37.8. The predicted molar refractivity (Wildman–Crippen MR) is 288 cm³/mol. The van der Waals surface area contributed by atoms with Gasteiger partial charge in [0.2, 0.25) is 0 Å². The van der Waals surface area contributed by atoms with Gasteiger partial charge in [0.05, 0.1) is 22.1 Å². The van der Waals surface area contributed by atoms with E-state index in [1.807, 2.05) is 0 Å². The van der Waals surface area contributed by atoms with Gasteiger partial charge in [-0.15, -0.1) is 0 Å². The molecule has 0 saturated carbocycles. The SMILES string of the molecule is c1ccc(-c2ccc(N(c3ccc(-c4ccc5c(c4)c4ccccc4n5-c4ccc(-c5ccccc5)cc4)cc3)c3cccc4c3-c3ccccc3C43c4ccccc4-c4ccccc43)cc2)cc1. The summed E-state index contributed by atoms with van der Waals surface area (Å²) in [6.07, 6.45) is 0. The normalized spacial score (nSPS) is 12.8. The summed E-state index contributed by atoms with van der Waals surface area (Å²) in [6.45, 7) is 0. The molecule has 69 heavy (non-hydrogen) atoms. The molecule has 0 bridgehead atoms. The molecule has 0 fully saturated rings. The van der Waals surface area contributed by atoms with Gasteiger partial charge >= 0.3 is 0 Å². The van der Waals surface area contributed by atoms with Gasteiger partial charge < -0.3 is 9.47 Å². The van der Waals surface area contributed by atoms with Crippen molar-refractivity contribution in [3.05, 3.63) is 289 Å². The third-order valence-electron chi connectivity index (χ3n) is 14.8. The third kappa shape index (κ3) is 5.92. The highest BCUT2D eigenvalue weighted by molar-refractivity contribution is 6.10. The van der Waals surface area contributed by atoms with Crippen LogP contribution in [0.3, 0.4) is 0 Å². The van der Waals surface area contributed by atoms with E-state index < -0.39 is 5.41 Å². The van der Waals surface area contributed by atoms with Crippen LogP contribution in [0, 0.1) is 0 Å². The van der Waals surface area contributed by atoms with Gasteiger partial charge in [-0.2, -0.15) is 0 Å². The molecule has 2 heteroatoms. The summed E-state index contributed by atoms with van der Waals surface area (Å²) >= 11 is 0. The number of hydrogen-bond acceptors (Lipinski definition) is 1. The summed E-state index contributed by atoms with van der Waals surface area (Å²) in [5, 5.41) is 2.48. The van der Waals surface area contributed by atoms with Gasteiger partial charge in [-0.25, -0.2) is 0 Å². The van der Waals surface area contributed by atoms with Gasteiger partial charge in [0, 0.05) is 33.4 Å². The summed E-state index contributed by atoms with van der Waals surface area (Å²) < 4.78 is 2.40. The van der Waals surface area contributed by atoms with Gasteiger partial charge in [-0.3, -0.25) is 0 Å². The van der Waals surface area contributed by atoms with Crippen molar-refractivity contribution < 1.29 is 0 Å². The van der Waals surface area contributed by atoms with E-state index >= 15 is 0 Å². The van der Waals surface area contributed by atoms with E-state index in [9.17, 15) is 0 Å². The van der Waals surface area contributed by atoms with Crippen LogP contribution in [0.1, 0.15) is 22.3 Å². The molecule has 14 rings (SSSR count). The Morgan fingerprint density at radius 3 is 1.33 bits per heavy atom. The Bertz CT molecular complexity index is 3870. The van der Waals surface area contributed by atoms with Crippen LogP contribution >= 0.6 is 0 Å². The molecule has 12 aromatic rings. The number of para-hydroxylation sites is 1. The second kappa shape index (κ2) is 15.6. The van der Waals surface area contributed by atoms with E-state index in [0.29, 0.717) is 0 Å². The second-order valence-electron chi connectivity index (χ2n) is 18.4. The molecule has 0 N–H and O–H groups in total. The molecule has 11 aromatic carbocycles. The number of hydrogen-bond donors (Lipinski definition) is 0. The molecule has 1 heterocycles. The van der Waals surface area contributed by atoms with E-state index in [1.165, 1.54) is 99.7 Å². The number of anilines is 3. The van der Waals surface area contributed by atoms with Crippen LogP contribution in [0.25, 0.3) is 83.1 Å². The molecule has 322 valence electrons. The van der Waals surface area contributed by atoms with Gasteiger partial charge in [0.25, 0.3) is 0 Å². The summed E-state index contributed by atoms with van der Waals surface area (Å²) in [7, 11) is 0. The molecule has 0 atom stereocenters. The maximum Gasteiger partial charge on any atom is 0.0726 e. The average Bonchev–Trinajstić information content (AvgIpc) is 4.04. The van der Waals surface area contributed by atoms with Crippen LogP contribution in [0.5, 0.6) is 0 Å². The highest BCUT2D eigenvalue weighted by atomic mass is 15.1. The van der Waals surface area contributed by atoms with Crippen molar-refractivity contribution in [2.24, 2.45) is 0 Å². The fraction of sp³-hybridized carbons (Fsp3) is 0.0149. The van der Waals surface area contributed by atoms with Crippen molar-refractivity contribution in [3.8, 4) is 61.3 Å². The number of aromatic nitrogens is 1. The second-order valence-corrected chi connectivity index (χ2v) is 18.4. The molecule has 0 unspecified atom stereocenters. The van der Waals surface area contributed by atoms with Crippen molar-refractivity contribution in [2.75, 3.05) is 4.90 Å². The third-order valence-corrected chi connectivity index (χ3v) is 14.8. The smallest absolute Gasteiger partial charge is 0.0726 e. The first-order valence-corrected chi connectivity index (χ1v) is 23.9. The Kier molecular flexibility index (Phi) is 8.84. The zero-order valence-electron chi connectivity index (χ0n) is 37.8. The molecule has 0 saturated heterocycles. The van der Waals surface area contributed by atoms with Crippen molar-refractivity contribution in [1.29, 1.82) is 0 Å². The first kappa shape index (κ1) is 39.2. The van der Waals surface area contributed by atoms with E-state index in [1.54, 1.807) is 0 Å². The molecule has 1 spiro atoms. The summed E-state index contributed by atoms with van der Waals surface area (Å²) in [4.78, 5) is 2.47. The van der Waals surface area contributed by atoms with Crippen LogP contribution in [0.2, 0.25) is 0 Å². The standard InChI is InChI=1S/C67H44N2/c1-3-16-45(17-4-1)47-30-37-51(38-31-47)68(65-29-15-27-62-66(65)57-23-9-13-26-61(57)67(62)59-24-11-7-20-54(59)55-21-8-12-25-60(55)67)52-39-34-49(35-40-52)50-36-43-64-58(44-50)56-22-10-14-28-63(56)69(64)53-41-32-48(33-42-53)46-18-5-2-6-19-46/h1-44H. The fourth-order valence-electron chi connectivity index (χ4n) is 11.8. The van der Waals surface area contributed by atoms with Crippen molar-refractivity contribution in [3.63, 3.8) is 0 Å². The highest BCUT2D eigenvalue weighted by Crippen LogP contribution is 2.64. The first-order valence-electron chi connectivity index (χ1n) is 23.9. The largest absolute Gasteiger partial charge is 0.310 e. The quantitative estimate of drug-likeness (QED) is 0.155. The van der Waals surface area contributed by atoms with Crippen molar-refractivity contribution in [1.82, 2.24) is 4.57 Å². The zero-order chi connectivity index (χ0) is 45.5. The summed E-state index contributed by atoms with van der Waals surface area (Å²) in [6, 6.07) is 98.4. The first-order chi connectivity index (χ1) is 34.2. The van der Waals surface area contributed by atoms with Gasteiger partial charge in [0.1, 0.15) is 0 Å². The number of fused-ring (bicyclic) bond motifs is 13. The molecule has 2 nitrogen and oxygen atoms in total. The van der Waals surface area contributed by atoms with E-state index in [0.717, 1.165) is 22.7 Å². The molecule has 1 aromatic heterocycles. The lowest BCUT2D eigenvalue weighted by Crippen LogP contribution is -2.26. The van der Waals surface area contributed by atoms with Crippen LogP contribution in [0.15, 0.2) is 267 Å². The predicted octanol–water partition coefficient (Wildman–Crippen LogP) is 17.6. The van der Waals surface area contributed by atoms with E-state index in [4.69, 9.17) is 0 Å². The molecule has 2 aliphatic rings. The van der Waals surface area contributed by atoms with Gasteiger partial charge in [-0.1, -0.05) is 206 Å². The Morgan fingerprint density at radius 1 is 0.290 bits per heavy atom. The summed E-state index contributed by atoms with van der Waals surface area (Å²) in [5.41, 5.74) is 24.2. The van der Waals surface area contributed by atoms with Gasteiger partial charge in [0.15, 0.2) is 0 Å². The Labute approximate surface area is 402 Å². The molecule has 0 radical (unpaired) electrons. The van der Waals surface area contributed by atoms with Crippen molar-refractivity contribution in [2.45, 2.75) is 5.41 Å². The highest BCUT2D eigenvalue weighted by Gasteiger charge is 2.52. The number of rotatable bonds is 7. The van der Waals surface area contributed by atoms with Crippen LogP contribution < -0.4 is 4.90 Å². The Hall–Kier alpha value is -8.98. The average molecular weight is 877 g/mol. The monoisotopic (exact) mass is 876 g/mol. The van der Waals surface area contributed by atoms with E-state index in [2.05, 4.69) is 276 Å². The lowest BCUT2D eigenvalue weighted by Gasteiger charge is -2.32. The topological polar surface area (TPSA) is 8.17 Å². The number of nitrogens with zero attached hydrogens (tertiary/aromatic N) is 2. The minimum atomic E-state index is -0.435. The lowest BCUT2D eigenvalue weighted by molar-refractivity contribution is 0.794. The van der Waals surface area contributed by atoms with E-state index in [-0.39, 0.29) is 0 Å². The Morgan fingerprint density at radius 2 is 0.725 bits per heavy atom. The molecular formula is C67H44N2. The van der Waals surface area contributed by atoms with Crippen LogP contribution in [0.4, 0.5) is 17.1 Å². The molecule has 0 aliphatic heterocycles. The fourth-order valence-corrected chi connectivity index (χ4v) is 11.8. The number of benzene rings is 11. The van der Waals surface area contributed by atoms with Crippen LogP contribution in [-0.2, 0) is 5.41 Å².